The van der Waals surface area contributed by atoms with E-state index in [-0.39, 0.29) is 18.6 Å². The summed E-state index contributed by atoms with van der Waals surface area (Å²) in [6, 6.07) is 0. The molecule has 0 spiro atoms. The summed E-state index contributed by atoms with van der Waals surface area (Å²) < 4.78 is 0.957. The van der Waals surface area contributed by atoms with E-state index in [1.54, 1.807) is 6.92 Å². The van der Waals surface area contributed by atoms with Crippen LogP contribution in [0.2, 0.25) is 0 Å². The Morgan fingerprint density at radius 2 is 1.90 bits per heavy atom. The van der Waals surface area contributed by atoms with Crippen LogP contribution in [-0.2, 0) is 35.5 Å². The van der Waals surface area contributed by atoms with Gasteiger partial charge in [-0.25, -0.2) is 0 Å². The zero-order chi connectivity index (χ0) is 7.28. The van der Waals surface area contributed by atoms with Gasteiger partial charge in [0.15, 0.2) is 0 Å². The predicted molar refractivity (Wildman–Crippen MR) is 36.9 cm³/mol. The quantitative estimate of drug-likeness (QED) is 0.352. The number of aliphatic imine (C=N–C) groups is 2. The summed E-state index contributed by atoms with van der Waals surface area (Å²) in [5.41, 5.74) is 0. The summed E-state index contributed by atoms with van der Waals surface area (Å²) in [6.45, 7) is 5.50. The van der Waals surface area contributed by atoms with E-state index in [0.717, 1.165) is 10.2 Å². The van der Waals surface area contributed by atoms with Crippen molar-refractivity contribution in [2.75, 3.05) is 0 Å². The zero-order valence-electron chi connectivity index (χ0n) is 6.29. The van der Waals surface area contributed by atoms with Crippen LogP contribution in [0.15, 0.2) is 9.98 Å². The van der Waals surface area contributed by atoms with Gasteiger partial charge < -0.3 is 0 Å². The monoisotopic (exact) mass is 211 g/mol. The average Bonchev–Trinajstić information content (AvgIpc) is 1.63. The van der Waals surface area contributed by atoms with Crippen molar-refractivity contribution in [1.82, 2.24) is 0 Å². The van der Waals surface area contributed by atoms with Crippen molar-refractivity contribution in [3.63, 3.8) is 0 Å². The molecule has 1 radical (unpaired) electrons. The largest absolute Gasteiger partial charge is 0 e. The van der Waals surface area contributed by atoms with E-state index >= 15 is 0 Å². The van der Waals surface area contributed by atoms with Crippen LogP contribution in [0.1, 0.15) is 20.8 Å². The second-order valence-electron chi connectivity index (χ2n) is 1.54. The molecule has 0 amide bonds. The summed E-state index contributed by atoms with van der Waals surface area (Å²) in [5, 5.41) is 0. The van der Waals surface area contributed by atoms with Crippen LogP contribution in [0.5, 0.6) is 0 Å². The molecule has 0 saturated carbocycles. The molecule has 4 heteroatoms. The molecule has 0 unspecified atom stereocenters. The molecule has 0 fully saturated rings. The van der Waals surface area contributed by atoms with Gasteiger partial charge in [-0.2, -0.15) is 0 Å². The van der Waals surface area contributed by atoms with Gasteiger partial charge in [0, 0.05) is 18.6 Å². The molecule has 0 aliphatic rings. The van der Waals surface area contributed by atoms with Gasteiger partial charge >= 0.3 is 64.1 Å². The predicted octanol–water partition coefficient (Wildman–Crippen LogP) is 1.07. The van der Waals surface area contributed by atoms with E-state index in [4.69, 9.17) is 0 Å². The first-order valence-electron chi connectivity index (χ1n) is 2.62. The summed E-state index contributed by atoms with van der Waals surface area (Å²) in [6.07, 6.45) is 2.65. The Bertz CT molecular complexity index is 161. The van der Waals surface area contributed by atoms with Crippen molar-refractivity contribution in [2.24, 2.45) is 9.98 Å². The van der Waals surface area contributed by atoms with Crippen molar-refractivity contribution >= 4 is 16.4 Å². The minimum Gasteiger partial charge on any atom is 0 e. The van der Waals surface area contributed by atoms with Gasteiger partial charge in [0.05, 0.1) is 0 Å². The molecule has 10 heavy (non-hydrogen) atoms. The van der Waals surface area contributed by atoms with Gasteiger partial charge in [-0.1, -0.05) is 0 Å². The molecule has 0 atom stereocenters. The van der Waals surface area contributed by atoms with E-state index in [0.29, 0.717) is 0 Å². The Balaban J connectivity index is 0. The van der Waals surface area contributed by atoms with Crippen LogP contribution in [-0.4, -0.2) is 16.4 Å². The van der Waals surface area contributed by atoms with E-state index < -0.39 is 0 Å². The Morgan fingerprint density at radius 1 is 1.40 bits per heavy atom. The number of nitrogens with zero attached hydrogens (tertiary/aromatic N) is 2. The molecule has 0 aromatic carbocycles. The Labute approximate surface area is 82.6 Å². The standard InChI is InChI=1S/C6H9N2.2V/c1-4-7-6(3)8-5-2;;/h1-3H3;;/q-1;;. The molecule has 0 rings (SSSR count). The number of hydrogen-bond donors (Lipinski definition) is 0. The van der Waals surface area contributed by atoms with Crippen LogP contribution in [0, 0.1) is 0 Å². The SMILES string of the molecule is C[C-]=NC(C)=N[C](C)=[V].[V]. The second-order valence-corrected chi connectivity index (χ2v) is 2.55. The molecular weight excluding hydrogens is 202 g/mol. The fraction of sp³-hybridized carbons (Fsp3) is 0.500. The first-order chi connectivity index (χ1) is 4.16. The summed E-state index contributed by atoms with van der Waals surface area (Å²) in [5.74, 6) is 0.746. The van der Waals surface area contributed by atoms with Crippen molar-refractivity contribution in [2.45, 2.75) is 20.8 Å². The van der Waals surface area contributed by atoms with Crippen LogP contribution in [0.4, 0.5) is 0 Å². The molecule has 2 nitrogen and oxygen atoms in total. The van der Waals surface area contributed by atoms with Crippen molar-refractivity contribution < 1.29 is 35.5 Å². The van der Waals surface area contributed by atoms with E-state index in [1.165, 1.54) is 0 Å². The van der Waals surface area contributed by atoms with Gasteiger partial charge in [0.1, 0.15) is 0 Å². The van der Waals surface area contributed by atoms with Crippen molar-refractivity contribution in [1.29, 1.82) is 0 Å². The second kappa shape index (κ2) is 7.49. The number of rotatable bonds is 1. The van der Waals surface area contributed by atoms with Crippen LogP contribution in [0.25, 0.3) is 0 Å². The van der Waals surface area contributed by atoms with Crippen LogP contribution < -0.4 is 0 Å². The Morgan fingerprint density at radius 3 is 2.20 bits per heavy atom. The Kier molecular flexibility index (Phi) is 9.73. The maximum Gasteiger partial charge on any atom is 0 e. The average molecular weight is 211 g/mol. The molecule has 0 aliphatic heterocycles. The van der Waals surface area contributed by atoms with E-state index in [2.05, 4.69) is 33.2 Å². The summed E-state index contributed by atoms with van der Waals surface area (Å²) in [4.78, 5) is 7.88. The van der Waals surface area contributed by atoms with Crippen LogP contribution in [0.3, 0.4) is 0 Å². The van der Waals surface area contributed by atoms with E-state index in [9.17, 15) is 0 Å². The van der Waals surface area contributed by atoms with Gasteiger partial charge in [0.25, 0.3) is 0 Å². The molecule has 0 N–H and O–H groups in total. The van der Waals surface area contributed by atoms with Crippen molar-refractivity contribution in [3.05, 3.63) is 0 Å². The minimum absolute atomic E-state index is 0. The Hall–Kier alpha value is 0.379. The van der Waals surface area contributed by atoms with Gasteiger partial charge in [-0.15, -0.1) is 0 Å². The first-order valence-corrected chi connectivity index (χ1v) is 3.32. The van der Waals surface area contributed by atoms with Gasteiger partial charge in [-0.3, -0.25) is 0 Å². The topological polar surface area (TPSA) is 24.7 Å². The normalized spacial score (nSPS) is 11.2. The maximum absolute atomic E-state index is 4.04. The molecule has 0 saturated heterocycles. The molecule has 0 heterocycles. The summed E-state index contributed by atoms with van der Waals surface area (Å²) in [7, 11) is 0. The molecular formula is C6H9N2V2-. The molecule has 0 aromatic heterocycles. The van der Waals surface area contributed by atoms with Gasteiger partial charge in [0.2, 0.25) is 0 Å². The number of hydrogen-bond acceptors (Lipinski definition) is 1. The molecule has 0 bridgehead atoms. The molecule has 54 valence electrons. The third kappa shape index (κ3) is 8.38. The van der Waals surface area contributed by atoms with E-state index in [1.807, 2.05) is 13.8 Å². The molecule has 0 aliphatic carbocycles. The van der Waals surface area contributed by atoms with Crippen LogP contribution >= 0.6 is 0 Å². The minimum atomic E-state index is 0. The van der Waals surface area contributed by atoms with Crippen molar-refractivity contribution in [3.8, 4) is 0 Å². The first kappa shape index (κ1) is 13.0. The third-order valence-electron chi connectivity index (χ3n) is 0.597. The third-order valence-corrected chi connectivity index (χ3v) is 0.753. The number of amidine groups is 1. The maximum atomic E-state index is 4.04. The fourth-order valence-corrected chi connectivity index (χ4v) is 0.647. The summed E-state index contributed by atoms with van der Waals surface area (Å²) >= 11 is 2.35. The zero-order valence-corrected chi connectivity index (χ0v) is 9.08. The fourth-order valence-electron chi connectivity index (χ4n) is 0.421. The molecule has 0 aromatic rings. The van der Waals surface area contributed by atoms with Gasteiger partial charge in [-0.05, 0) is 0 Å². The smallest absolute Gasteiger partial charge is 0 e.